The standard InChI is InChI=1S/C17H25NO2/c1-4-15(14-11-12(2)8-9-13(14)3)18-10-6-5-7-16(18)17(19)20/h8-9,11,15-16H,4-7,10H2,1-3H3,(H,19,20). The Labute approximate surface area is 121 Å². The first-order chi connectivity index (χ1) is 9.54. The maximum absolute atomic E-state index is 11.5. The lowest BCUT2D eigenvalue weighted by atomic mass is 9.91. The highest BCUT2D eigenvalue weighted by Gasteiger charge is 2.33. The van der Waals surface area contributed by atoms with Crippen molar-refractivity contribution >= 4 is 5.97 Å². The molecule has 0 radical (unpaired) electrons. The van der Waals surface area contributed by atoms with E-state index in [9.17, 15) is 9.90 Å². The monoisotopic (exact) mass is 275 g/mol. The van der Waals surface area contributed by atoms with Crippen molar-refractivity contribution in [1.82, 2.24) is 4.90 Å². The molecular weight excluding hydrogens is 250 g/mol. The summed E-state index contributed by atoms with van der Waals surface area (Å²) in [5.74, 6) is -0.673. The molecule has 110 valence electrons. The molecule has 1 heterocycles. The number of carbonyl (C=O) groups is 1. The van der Waals surface area contributed by atoms with Crippen LogP contribution < -0.4 is 0 Å². The first-order valence-corrected chi connectivity index (χ1v) is 7.60. The topological polar surface area (TPSA) is 40.5 Å². The number of hydrogen-bond acceptors (Lipinski definition) is 2. The van der Waals surface area contributed by atoms with Crippen LogP contribution in [-0.4, -0.2) is 28.6 Å². The van der Waals surface area contributed by atoms with E-state index < -0.39 is 5.97 Å². The molecule has 0 aromatic heterocycles. The molecule has 1 saturated heterocycles. The van der Waals surface area contributed by atoms with Crippen LogP contribution in [0.2, 0.25) is 0 Å². The number of piperidine rings is 1. The third kappa shape index (κ3) is 3.04. The number of rotatable bonds is 4. The number of hydrogen-bond donors (Lipinski definition) is 1. The fourth-order valence-corrected chi connectivity index (χ4v) is 3.34. The minimum Gasteiger partial charge on any atom is -0.480 e. The van der Waals surface area contributed by atoms with E-state index in [1.54, 1.807) is 0 Å². The first-order valence-electron chi connectivity index (χ1n) is 7.60. The normalized spacial score (nSPS) is 21.6. The predicted molar refractivity (Wildman–Crippen MR) is 80.9 cm³/mol. The SMILES string of the molecule is CCC(c1cc(C)ccc1C)N1CCCCC1C(=O)O. The molecule has 2 atom stereocenters. The summed E-state index contributed by atoms with van der Waals surface area (Å²) in [6, 6.07) is 6.38. The van der Waals surface area contributed by atoms with E-state index in [2.05, 4.69) is 43.9 Å². The van der Waals surface area contributed by atoms with Gasteiger partial charge in [-0.15, -0.1) is 0 Å². The smallest absolute Gasteiger partial charge is 0.320 e. The van der Waals surface area contributed by atoms with Crippen LogP contribution in [0.25, 0.3) is 0 Å². The summed E-state index contributed by atoms with van der Waals surface area (Å²) >= 11 is 0. The third-order valence-electron chi connectivity index (χ3n) is 4.41. The molecule has 0 aliphatic carbocycles. The lowest BCUT2D eigenvalue weighted by Gasteiger charge is -2.39. The van der Waals surface area contributed by atoms with Crippen LogP contribution in [0.5, 0.6) is 0 Å². The van der Waals surface area contributed by atoms with Gasteiger partial charge in [-0.1, -0.05) is 37.1 Å². The lowest BCUT2D eigenvalue weighted by Crippen LogP contribution is -2.46. The summed E-state index contributed by atoms with van der Waals surface area (Å²) in [5, 5.41) is 9.48. The molecule has 3 nitrogen and oxygen atoms in total. The molecule has 3 heteroatoms. The van der Waals surface area contributed by atoms with Gasteiger partial charge in [-0.2, -0.15) is 0 Å². The van der Waals surface area contributed by atoms with Crippen LogP contribution in [0.3, 0.4) is 0 Å². The second-order valence-corrected chi connectivity index (χ2v) is 5.87. The maximum atomic E-state index is 11.5. The third-order valence-corrected chi connectivity index (χ3v) is 4.41. The van der Waals surface area contributed by atoms with Crippen molar-refractivity contribution < 1.29 is 9.90 Å². The highest BCUT2D eigenvalue weighted by molar-refractivity contribution is 5.73. The van der Waals surface area contributed by atoms with Gasteiger partial charge >= 0.3 is 5.97 Å². The Hall–Kier alpha value is -1.35. The zero-order valence-corrected chi connectivity index (χ0v) is 12.7. The van der Waals surface area contributed by atoms with E-state index in [0.29, 0.717) is 0 Å². The second kappa shape index (κ2) is 6.40. The average Bonchev–Trinajstić information content (AvgIpc) is 2.44. The molecule has 0 spiro atoms. The Morgan fingerprint density at radius 3 is 2.80 bits per heavy atom. The molecule has 2 unspecified atom stereocenters. The fraction of sp³-hybridized carbons (Fsp3) is 0.588. The summed E-state index contributed by atoms with van der Waals surface area (Å²) in [4.78, 5) is 13.7. The number of aliphatic carboxylic acids is 1. The van der Waals surface area contributed by atoms with Crippen LogP contribution in [0.4, 0.5) is 0 Å². The Kier molecular flexibility index (Phi) is 4.81. The molecule has 0 saturated carbocycles. The molecular formula is C17H25NO2. The van der Waals surface area contributed by atoms with Crippen LogP contribution in [0, 0.1) is 13.8 Å². The van der Waals surface area contributed by atoms with Crippen molar-refractivity contribution in [2.24, 2.45) is 0 Å². The molecule has 1 aromatic carbocycles. The Bertz CT molecular complexity index is 484. The molecule has 0 amide bonds. The maximum Gasteiger partial charge on any atom is 0.320 e. The minimum absolute atomic E-state index is 0.219. The van der Waals surface area contributed by atoms with E-state index >= 15 is 0 Å². The Balaban J connectivity index is 2.34. The van der Waals surface area contributed by atoms with Gasteiger partial charge < -0.3 is 5.11 Å². The van der Waals surface area contributed by atoms with E-state index in [1.807, 2.05) is 0 Å². The fourth-order valence-electron chi connectivity index (χ4n) is 3.34. The highest BCUT2D eigenvalue weighted by Crippen LogP contribution is 2.33. The molecule has 1 fully saturated rings. The summed E-state index contributed by atoms with van der Waals surface area (Å²) in [5.41, 5.74) is 3.80. The number of nitrogens with zero attached hydrogens (tertiary/aromatic N) is 1. The van der Waals surface area contributed by atoms with E-state index in [-0.39, 0.29) is 12.1 Å². The Morgan fingerprint density at radius 2 is 2.15 bits per heavy atom. The van der Waals surface area contributed by atoms with Gasteiger partial charge in [0.1, 0.15) is 6.04 Å². The summed E-state index contributed by atoms with van der Waals surface area (Å²) in [6.07, 6.45) is 3.85. The largest absolute Gasteiger partial charge is 0.480 e. The quantitative estimate of drug-likeness (QED) is 0.911. The van der Waals surface area contributed by atoms with Crippen molar-refractivity contribution in [3.8, 4) is 0 Å². The number of carboxylic acid groups (broad SMARTS) is 1. The van der Waals surface area contributed by atoms with Gasteiger partial charge in [-0.25, -0.2) is 0 Å². The van der Waals surface area contributed by atoms with Crippen LogP contribution >= 0.6 is 0 Å². The van der Waals surface area contributed by atoms with E-state index in [1.165, 1.54) is 16.7 Å². The average molecular weight is 275 g/mol. The lowest BCUT2D eigenvalue weighted by molar-refractivity contribution is -0.146. The van der Waals surface area contributed by atoms with Crippen molar-refractivity contribution in [2.45, 2.75) is 58.5 Å². The van der Waals surface area contributed by atoms with Gasteiger partial charge in [0.15, 0.2) is 0 Å². The number of likely N-dealkylation sites (tertiary alicyclic amines) is 1. The molecule has 0 bridgehead atoms. The van der Waals surface area contributed by atoms with Gasteiger partial charge in [0, 0.05) is 6.04 Å². The van der Waals surface area contributed by atoms with E-state index in [4.69, 9.17) is 0 Å². The van der Waals surface area contributed by atoms with Crippen LogP contribution in [-0.2, 0) is 4.79 Å². The summed E-state index contributed by atoms with van der Waals surface area (Å²) < 4.78 is 0. The number of carboxylic acids is 1. The Morgan fingerprint density at radius 1 is 1.40 bits per heavy atom. The molecule has 2 rings (SSSR count). The first kappa shape index (κ1) is 15.0. The van der Waals surface area contributed by atoms with Gasteiger partial charge in [-0.05, 0) is 50.8 Å². The summed E-state index contributed by atoms with van der Waals surface area (Å²) in [6.45, 7) is 7.26. The van der Waals surface area contributed by atoms with Gasteiger partial charge in [-0.3, -0.25) is 9.69 Å². The molecule has 1 aliphatic heterocycles. The van der Waals surface area contributed by atoms with Crippen molar-refractivity contribution in [2.75, 3.05) is 6.54 Å². The zero-order chi connectivity index (χ0) is 14.7. The van der Waals surface area contributed by atoms with Crippen molar-refractivity contribution in [1.29, 1.82) is 0 Å². The number of aryl methyl sites for hydroxylation is 2. The highest BCUT2D eigenvalue weighted by atomic mass is 16.4. The molecule has 1 aliphatic rings. The predicted octanol–water partition coefficient (Wildman–Crippen LogP) is 3.69. The van der Waals surface area contributed by atoms with Gasteiger partial charge in [0.05, 0.1) is 0 Å². The minimum atomic E-state index is -0.673. The van der Waals surface area contributed by atoms with Crippen LogP contribution in [0.1, 0.15) is 55.3 Å². The molecule has 1 N–H and O–H groups in total. The van der Waals surface area contributed by atoms with Crippen molar-refractivity contribution in [3.63, 3.8) is 0 Å². The zero-order valence-electron chi connectivity index (χ0n) is 12.7. The molecule has 1 aromatic rings. The number of benzene rings is 1. The molecule has 20 heavy (non-hydrogen) atoms. The van der Waals surface area contributed by atoms with E-state index in [0.717, 1.165) is 32.2 Å². The summed E-state index contributed by atoms with van der Waals surface area (Å²) in [7, 11) is 0. The van der Waals surface area contributed by atoms with Gasteiger partial charge in [0.25, 0.3) is 0 Å². The van der Waals surface area contributed by atoms with Crippen molar-refractivity contribution in [3.05, 3.63) is 34.9 Å². The van der Waals surface area contributed by atoms with Gasteiger partial charge in [0.2, 0.25) is 0 Å². The second-order valence-electron chi connectivity index (χ2n) is 5.87. The van der Waals surface area contributed by atoms with Crippen LogP contribution in [0.15, 0.2) is 18.2 Å².